The summed E-state index contributed by atoms with van der Waals surface area (Å²) in [4.78, 5) is 25.8. The SMILES string of the molecule is COCCC(C)C1CN(C(=O)OC(C)(C)C)CCC1=O. The third kappa shape index (κ3) is 5.12. The first-order valence-electron chi connectivity index (χ1n) is 7.24. The number of Topliss-reactive ketones (excluding diaryl/α,β-unsaturated/α-hetero) is 1. The van der Waals surface area contributed by atoms with Crippen molar-refractivity contribution in [2.45, 2.75) is 46.1 Å². The van der Waals surface area contributed by atoms with Crippen LogP contribution in [0.5, 0.6) is 0 Å². The van der Waals surface area contributed by atoms with Gasteiger partial charge in [0.25, 0.3) is 0 Å². The first kappa shape index (κ1) is 17.0. The van der Waals surface area contributed by atoms with Crippen molar-refractivity contribution in [2.24, 2.45) is 11.8 Å². The number of carbonyl (C=O) groups excluding carboxylic acids is 2. The van der Waals surface area contributed by atoms with Gasteiger partial charge in [0, 0.05) is 39.1 Å². The number of carbonyl (C=O) groups is 2. The number of methoxy groups -OCH3 is 1. The van der Waals surface area contributed by atoms with Crippen molar-refractivity contribution in [2.75, 3.05) is 26.8 Å². The molecule has 5 nitrogen and oxygen atoms in total. The Bertz CT molecular complexity index is 348. The zero-order valence-corrected chi connectivity index (χ0v) is 13.3. The van der Waals surface area contributed by atoms with Crippen molar-refractivity contribution in [3.8, 4) is 0 Å². The van der Waals surface area contributed by atoms with Crippen molar-refractivity contribution in [3.05, 3.63) is 0 Å². The molecule has 0 N–H and O–H groups in total. The standard InChI is InChI=1S/C15H27NO4/c1-11(7-9-19-5)12-10-16(8-6-13(12)17)14(18)20-15(2,3)4/h11-12H,6-10H2,1-5H3. The largest absolute Gasteiger partial charge is 0.444 e. The monoisotopic (exact) mass is 285 g/mol. The van der Waals surface area contributed by atoms with E-state index < -0.39 is 5.60 Å². The molecule has 1 rings (SSSR count). The third-order valence-electron chi connectivity index (χ3n) is 3.57. The summed E-state index contributed by atoms with van der Waals surface area (Å²) in [6.07, 6.45) is 0.921. The van der Waals surface area contributed by atoms with Gasteiger partial charge < -0.3 is 14.4 Å². The fourth-order valence-electron chi connectivity index (χ4n) is 2.36. The fraction of sp³-hybridized carbons (Fsp3) is 0.867. The lowest BCUT2D eigenvalue weighted by Crippen LogP contribution is -2.47. The van der Waals surface area contributed by atoms with Crippen LogP contribution in [0.4, 0.5) is 4.79 Å². The number of likely N-dealkylation sites (tertiary alicyclic amines) is 1. The van der Waals surface area contributed by atoms with E-state index in [4.69, 9.17) is 9.47 Å². The van der Waals surface area contributed by atoms with Crippen molar-refractivity contribution < 1.29 is 19.1 Å². The summed E-state index contributed by atoms with van der Waals surface area (Å²) < 4.78 is 10.4. The van der Waals surface area contributed by atoms with Crippen molar-refractivity contribution in [1.82, 2.24) is 4.90 Å². The molecule has 1 amide bonds. The molecule has 1 fully saturated rings. The molecule has 0 aromatic rings. The number of ketones is 1. The second-order valence-electron chi connectivity index (χ2n) is 6.51. The summed E-state index contributed by atoms with van der Waals surface area (Å²) in [5.74, 6) is 0.354. The number of amides is 1. The molecule has 0 aromatic carbocycles. The molecule has 2 atom stereocenters. The highest BCUT2D eigenvalue weighted by molar-refractivity contribution is 5.84. The van der Waals surface area contributed by atoms with Crippen LogP contribution in [-0.4, -0.2) is 49.2 Å². The van der Waals surface area contributed by atoms with Crippen LogP contribution in [0.1, 0.15) is 40.5 Å². The van der Waals surface area contributed by atoms with Crippen molar-refractivity contribution >= 4 is 11.9 Å². The van der Waals surface area contributed by atoms with Crippen LogP contribution in [0.2, 0.25) is 0 Å². The van der Waals surface area contributed by atoms with Gasteiger partial charge in [0.1, 0.15) is 11.4 Å². The predicted molar refractivity (Wildman–Crippen MR) is 76.6 cm³/mol. The Morgan fingerprint density at radius 1 is 1.45 bits per heavy atom. The van der Waals surface area contributed by atoms with E-state index in [0.29, 0.717) is 26.1 Å². The Morgan fingerprint density at radius 2 is 2.10 bits per heavy atom. The Hall–Kier alpha value is -1.10. The zero-order chi connectivity index (χ0) is 15.3. The van der Waals surface area contributed by atoms with Gasteiger partial charge in [-0.2, -0.15) is 0 Å². The lowest BCUT2D eigenvalue weighted by molar-refractivity contribution is -0.128. The highest BCUT2D eigenvalue weighted by Gasteiger charge is 2.34. The van der Waals surface area contributed by atoms with Crippen LogP contribution in [0.3, 0.4) is 0 Å². The van der Waals surface area contributed by atoms with Gasteiger partial charge in [0.15, 0.2) is 0 Å². The van der Waals surface area contributed by atoms with E-state index in [2.05, 4.69) is 0 Å². The van der Waals surface area contributed by atoms with Crippen LogP contribution >= 0.6 is 0 Å². The smallest absolute Gasteiger partial charge is 0.410 e. The predicted octanol–water partition coefficient (Wildman–Crippen LogP) is 2.49. The van der Waals surface area contributed by atoms with Gasteiger partial charge in [-0.25, -0.2) is 4.79 Å². The molecule has 0 aromatic heterocycles. The average molecular weight is 285 g/mol. The lowest BCUT2D eigenvalue weighted by atomic mass is 9.84. The van der Waals surface area contributed by atoms with Crippen molar-refractivity contribution in [1.29, 1.82) is 0 Å². The minimum absolute atomic E-state index is 0.105. The van der Waals surface area contributed by atoms with E-state index in [0.717, 1.165) is 6.42 Å². The zero-order valence-electron chi connectivity index (χ0n) is 13.3. The Morgan fingerprint density at radius 3 is 2.65 bits per heavy atom. The molecular formula is C15H27NO4. The molecule has 1 saturated heterocycles. The third-order valence-corrected chi connectivity index (χ3v) is 3.57. The molecule has 5 heteroatoms. The summed E-state index contributed by atoms with van der Waals surface area (Å²) in [5, 5.41) is 0. The summed E-state index contributed by atoms with van der Waals surface area (Å²) >= 11 is 0. The topological polar surface area (TPSA) is 55.8 Å². The van der Waals surface area contributed by atoms with Gasteiger partial charge in [-0.15, -0.1) is 0 Å². The van der Waals surface area contributed by atoms with Gasteiger partial charge in [0.2, 0.25) is 0 Å². The molecule has 0 saturated carbocycles. The summed E-state index contributed by atoms with van der Waals surface area (Å²) in [5.41, 5.74) is -0.504. The molecule has 0 radical (unpaired) electrons. The first-order valence-corrected chi connectivity index (χ1v) is 7.24. The maximum absolute atomic E-state index is 12.1. The van der Waals surface area contributed by atoms with Crippen molar-refractivity contribution in [3.63, 3.8) is 0 Å². The maximum Gasteiger partial charge on any atom is 0.410 e. The second kappa shape index (κ2) is 7.07. The van der Waals surface area contributed by atoms with E-state index in [1.165, 1.54) is 0 Å². The second-order valence-corrected chi connectivity index (χ2v) is 6.51. The highest BCUT2D eigenvalue weighted by Crippen LogP contribution is 2.24. The molecule has 1 aliphatic rings. The average Bonchev–Trinajstić information content (AvgIpc) is 2.34. The van der Waals surface area contributed by atoms with Crippen LogP contribution in [0.25, 0.3) is 0 Å². The van der Waals surface area contributed by atoms with Gasteiger partial charge >= 0.3 is 6.09 Å². The number of nitrogens with zero attached hydrogens (tertiary/aromatic N) is 1. The van der Waals surface area contributed by atoms with E-state index in [9.17, 15) is 9.59 Å². The van der Waals surface area contributed by atoms with Crippen LogP contribution in [-0.2, 0) is 14.3 Å². The first-order chi connectivity index (χ1) is 9.24. The molecule has 116 valence electrons. The number of rotatable bonds is 4. The molecule has 2 unspecified atom stereocenters. The molecule has 1 aliphatic heterocycles. The molecular weight excluding hydrogens is 258 g/mol. The lowest BCUT2D eigenvalue weighted by Gasteiger charge is -2.35. The van der Waals surface area contributed by atoms with Gasteiger partial charge in [-0.3, -0.25) is 4.79 Å². The quantitative estimate of drug-likeness (QED) is 0.796. The normalized spacial score (nSPS) is 21.8. The van der Waals surface area contributed by atoms with Crippen LogP contribution in [0.15, 0.2) is 0 Å². The summed E-state index contributed by atoms with van der Waals surface area (Å²) in [6.45, 7) is 9.13. The summed E-state index contributed by atoms with van der Waals surface area (Å²) in [6, 6.07) is 0. The minimum atomic E-state index is -0.504. The van der Waals surface area contributed by atoms with E-state index >= 15 is 0 Å². The van der Waals surface area contributed by atoms with E-state index in [1.807, 2.05) is 27.7 Å². The molecule has 0 bridgehead atoms. The minimum Gasteiger partial charge on any atom is -0.444 e. The summed E-state index contributed by atoms with van der Waals surface area (Å²) in [7, 11) is 1.66. The molecule has 20 heavy (non-hydrogen) atoms. The molecule has 0 aliphatic carbocycles. The van der Waals surface area contributed by atoms with Gasteiger partial charge in [-0.1, -0.05) is 6.92 Å². The Labute approximate surface area is 121 Å². The Kier molecular flexibility index (Phi) is 5.99. The fourth-order valence-corrected chi connectivity index (χ4v) is 2.36. The molecule has 0 spiro atoms. The van der Waals surface area contributed by atoms with E-state index in [1.54, 1.807) is 12.0 Å². The highest BCUT2D eigenvalue weighted by atomic mass is 16.6. The van der Waals surface area contributed by atoms with E-state index in [-0.39, 0.29) is 23.7 Å². The molecule has 1 heterocycles. The Balaban J connectivity index is 2.61. The number of hydrogen-bond acceptors (Lipinski definition) is 4. The van der Waals surface area contributed by atoms with Crippen LogP contribution in [0, 0.1) is 11.8 Å². The van der Waals surface area contributed by atoms with Gasteiger partial charge in [-0.05, 0) is 33.1 Å². The number of piperidine rings is 1. The maximum atomic E-state index is 12.1. The van der Waals surface area contributed by atoms with Crippen LogP contribution < -0.4 is 0 Å². The van der Waals surface area contributed by atoms with Gasteiger partial charge in [0.05, 0.1) is 0 Å². The number of ether oxygens (including phenoxy) is 2. The number of hydrogen-bond donors (Lipinski definition) is 0.